The maximum atomic E-state index is 10.2. The minimum absolute atomic E-state index is 0.433. The van der Waals surface area contributed by atoms with Gasteiger partial charge in [-0.2, -0.15) is 0 Å². The lowest BCUT2D eigenvalue weighted by Crippen LogP contribution is -2.46. The molecule has 1 heterocycles. The van der Waals surface area contributed by atoms with Crippen LogP contribution in [-0.2, 0) is 6.54 Å². The van der Waals surface area contributed by atoms with Crippen molar-refractivity contribution in [1.82, 2.24) is 4.90 Å². The van der Waals surface area contributed by atoms with E-state index >= 15 is 0 Å². The Balaban J connectivity index is 1.63. The number of nitrogens with zero attached hydrogens (tertiary/aromatic N) is 2. The van der Waals surface area contributed by atoms with Crippen molar-refractivity contribution in [2.45, 2.75) is 20.4 Å². The summed E-state index contributed by atoms with van der Waals surface area (Å²) in [5, 5.41) is 10.2. The first-order valence-electron chi connectivity index (χ1n) is 7.95. The SMILES string of the molecule is Cc1cc(C)c(CN2CCN(c3ccccc3)CC2)c(O)c1. The van der Waals surface area contributed by atoms with Crippen LogP contribution >= 0.6 is 0 Å². The maximum Gasteiger partial charge on any atom is 0.120 e. The first-order chi connectivity index (χ1) is 10.6. The molecule has 0 aromatic heterocycles. The van der Waals surface area contributed by atoms with Crippen LogP contribution in [-0.4, -0.2) is 36.2 Å². The van der Waals surface area contributed by atoms with Crippen LogP contribution in [0.2, 0.25) is 0 Å². The predicted octanol–water partition coefficient (Wildman–Crippen LogP) is 3.33. The van der Waals surface area contributed by atoms with Gasteiger partial charge in [0.15, 0.2) is 0 Å². The lowest BCUT2D eigenvalue weighted by atomic mass is 10.0. The summed E-state index contributed by atoms with van der Waals surface area (Å²) in [6, 6.07) is 14.6. The van der Waals surface area contributed by atoms with E-state index in [-0.39, 0.29) is 0 Å². The number of hydrogen-bond acceptors (Lipinski definition) is 3. The number of piperazine rings is 1. The summed E-state index contributed by atoms with van der Waals surface area (Å²) in [6.45, 7) is 9.08. The fourth-order valence-electron chi connectivity index (χ4n) is 3.21. The van der Waals surface area contributed by atoms with Crippen molar-refractivity contribution >= 4 is 5.69 Å². The predicted molar refractivity (Wildman–Crippen MR) is 91.5 cm³/mol. The number of phenols is 1. The first-order valence-corrected chi connectivity index (χ1v) is 7.95. The van der Waals surface area contributed by atoms with E-state index in [2.05, 4.69) is 53.1 Å². The molecule has 0 amide bonds. The highest BCUT2D eigenvalue weighted by Crippen LogP contribution is 2.25. The minimum Gasteiger partial charge on any atom is -0.508 e. The van der Waals surface area contributed by atoms with Crippen LogP contribution < -0.4 is 4.90 Å². The first kappa shape index (κ1) is 14.9. The van der Waals surface area contributed by atoms with Crippen molar-refractivity contribution in [3.8, 4) is 5.75 Å². The van der Waals surface area contributed by atoms with Gasteiger partial charge in [-0.25, -0.2) is 0 Å². The second-order valence-corrected chi connectivity index (χ2v) is 6.18. The van der Waals surface area contributed by atoms with E-state index in [4.69, 9.17) is 0 Å². The van der Waals surface area contributed by atoms with E-state index in [0.717, 1.165) is 43.9 Å². The molecule has 1 fully saturated rings. The van der Waals surface area contributed by atoms with E-state index in [1.54, 1.807) is 0 Å². The molecule has 1 N–H and O–H groups in total. The number of rotatable bonds is 3. The van der Waals surface area contributed by atoms with Gasteiger partial charge in [0.2, 0.25) is 0 Å². The molecule has 1 aliphatic heterocycles. The van der Waals surface area contributed by atoms with Crippen LogP contribution in [0.3, 0.4) is 0 Å². The van der Waals surface area contributed by atoms with Crippen molar-refractivity contribution in [2.75, 3.05) is 31.1 Å². The average Bonchev–Trinajstić information content (AvgIpc) is 2.52. The molecule has 2 aromatic carbocycles. The number of para-hydroxylation sites is 1. The molecule has 2 aromatic rings. The summed E-state index contributed by atoms with van der Waals surface area (Å²) < 4.78 is 0. The van der Waals surface area contributed by atoms with E-state index in [0.29, 0.717) is 5.75 Å². The standard InChI is InChI=1S/C19H24N2O/c1-15-12-16(2)18(19(22)13-15)14-20-8-10-21(11-9-20)17-6-4-3-5-7-17/h3-7,12-13,22H,8-11,14H2,1-2H3. The van der Waals surface area contributed by atoms with E-state index in [1.165, 1.54) is 11.3 Å². The third-order valence-electron chi connectivity index (χ3n) is 4.47. The lowest BCUT2D eigenvalue weighted by Gasteiger charge is -2.36. The molecule has 22 heavy (non-hydrogen) atoms. The van der Waals surface area contributed by atoms with Gasteiger partial charge in [-0.3, -0.25) is 4.90 Å². The monoisotopic (exact) mass is 296 g/mol. The molecule has 116 valence electrons. The van der Waals surface area contributed by atoms with Gasteiger partial charge < -0.3 is 10.0 Å². The molecular formula is C19H24N2O. The number of benzene rings is 2. The number of anilines is 1. The van der Waals surface area contributed by atoms with Crippen molar-refractivity contribution in [1.29, 1.82) is 0 Å². The summed E-state index contributed by atoms with van der Waals surface area (Å²) in [6.07, 6.45) is 0. The van der Waals surface area contributed by atoms with Gasteiger partial charge in [-0.15, -0.1) is 0 Å². The molecule has 3 rings (SSSR count). The Bertz CT molecular complexity index is 608. The van der Waals surface area contributed by atoms with Gasteiger partial charge in [0.05, 0.1) is 0 Å². The molecule has 3 heteroatoms. The average molecular weight is 296 g/mol. The summed E-state index contributed by atoms with van der Waals surface area (Å²) in [7, 11) is 0. The third-order valence-corrected chi connectivity index (χ3v) is 4.47. The Labute approximate surface area is 132 Å². The highest BCUT2D eigenvalue weighted by atomic mass is 16.3. The van der Waals surface area contributed by atoms with Crippen LogP contribution in [0, 0.1) is 13.8 Å². The van der Waals surface area contributed by atoms with Crippen LogP contribution in [0.25, 0.3) is 0 Å². The molecule has 0 aliphatic carbocycles. The van der Waals surface area contributed by atoms with Gasteiger partial charge >= 0.3 is 0 Å². The Morgan fingerprint density at radius 1 is 0.955 bits per heavy atom. The van der Waals surface area contributed by atoms with Gasteiger partial charge in [-0.05, 0) is 43.2 Å². The van der Waals surface area contributed by atoms with Gasteiger partial charge in [-0.1, -0.05) is 24.3 Å². The molecule has 0 bridgehead atoms. The largest absolute Gasteiger partial charge is 0.508 e. The zero-order chi connectivity index (χ0) is 15.5. The highest BCUT2D eigenvalue weighted by Gasteiger charge is 2.19. The molecular weight excluding hydrogens is 272 g/mol. The second kappa shape index (κ2) is 6.41. The van der Waals surface area contributed by atoms with Gasteiger partial charge in [0.1, 0.15) is 5.75 Å². The van der Waals surface area contributed by atoms with Crippen molar-refractivity contribution in [3.63, 3.8) is 0 Å². The molecule has 1 aliphatic rings. The molecule has 0 saturated carbocycles. The van der Waals surface area contributed by atoms with E-state index in [1.807, 2.05) is 13.0 Å². The fraction of sp³-hybridized carbons (Fsp3) is 0.368. The second-order valence-electron chi connectivity index (χ2n) is 6.18. The normalized spacial score (nSPS) is 16.0. The zero-order valence-electron chi connectivity index (χ0n) is 13.4. The maximum absolute atomic E-state index is 10.2. The zero-order valence-corrected chi connectivity index (χ0v) is 13.4. The molecule has 0 atom stereocenters. The minimum atomic E-state index is 0.433. The lowest BCUT2D eigenvalue weighted by molar-refractivity contribution is 0.246. The summed E-state index contributed by atoms with van der Waals surface area (Å²) >= 11 is 0. The highest BCUT2D eigenvalue weighted by molar-refractivity contribution is 5.46. The Morgan fingerprint density at radius 3 is 2.27 bits per heavy atom. The van der Waals surface area contributed by atoms with Crippen LogP contribution in [0.4, 0.5) is 5.69 Å². The topological polar surface area (TPSA) is 26.7 Å². The summed E-state index contributed by atoms with van der Waals surface area (Å²) in [5.74, 6) is 0.433. The van der Waals surface area contributed by atoms with Gasteiger partial charge in [0, 0.05) is 44.0 Å². The molecule has 3 nitrogen and oxygen atoms in total. The Morgan fingerprint density at radius 2 is 1.64 bits per heavy atom. The van der Waals surface area contributed by atoms with E-state index in [9.17, 15) is 5.11 Å². The van der Waals surface area contributed by atoms with E-state index < -0.39 is 0 Å². The van der Waals surface area contributed by atoms with Crippen molar-refractivity contribution < 1.29 is 5.11 Å². The number of aromatic hydroxyl groups is 1. The van der Waals surface area contributed by atoms with Crippen LogP contribution in [0.5, 0.6) is 5.75 Å². The van der Waals surface area contributed by atoms with Crippen molar-refractivity contribution in [3.05, 3.63) is 59.2 Å². The number of phenolic OH excluding ortho intramolecular Hbond substituents is 1. The summed E-state index contributed by atoms with van der Waals surface area (Å²) in [4.78, 5) is 4.86. The van der Waals surface area contributed by atoms with Crippen LogP contribution in [0.15, 0.2) is 42.5 Å². The number of aryl methyl sites for hydroxylation is 2. The van der Waals surface area contributed by atoms with Crippen LogP contribution in [0.1, 0.15) is 16.7 Å². The third kappa shape index (κ3) is 3.25. The molecule has 1 saturated heterocycles. The molecule has 0 unspecified atom stereocenters. The molecule has 0 spiro atoms. The summed E-state index contributed by atoms with van der Waals surface area (Å²) in [5.41, 5.74) is 4.67. The number of hydrogen-bond donors (Lipinski definition) is 1. The quantitative estimate of drug-likeness (QED) is 0.941. The molecule has 0 radical (unpaired) electrons. The van der Waals surface area contributed by atoms with Gasteiger partial charge in [0.25, 0.3) is 0 Å². The smallest absolute Gasteiger partial charge is 0.120 e. The fourth-order valence-corrected chi connectivity index (χ4v) is 3.21. The van der Waals surface area contributed by atoms with Crippen molar-refractivity contribution in [2.24, 2.45) is 0 Å². The Hall–Kier alpha value is -2.00. The Kier molecular flexibility index (Phi) is 4.34.